The molecule has 0 fully saturated rings. The van der Waals surface area contributed by atoms with Gasteiger partial charge in [0.2, 0.25) is 0 Å². The average Bonchev–Trinajstić information content (AvgIpc) is 2.59. The Labute approximate surface area is 147 Å². The van der Waals surface area contributed by atoms with E-state index in [0.717, 1.165) is 5.56 Å². The van der Waals surface area contributed by atoms with E-state index in [0.29, 0.717) is 0 Å². The first kappa shape index (κ1) is 20.4. The van der Waals surface area contributed by atoms with Crippen molar-refractivity contribution in [2.24, 2.45) is 5.92 Å². The highest BCUT2D eigenvalue weighted by molar-refractivity contribution is 5.99. The lowest BCUT2D eigenvalue weighted by molar-refractivity contribution is -0.161. The summed E-state index contributed by atoms with van der Waals surface area (Å²) in [5.74, 6) is -3.22. The summed E-state index contributed by atoms with van der Waals surface area (Å²) >= 11 is 0. The minimum Gasteiger partial charge on any atom is -0.465 e. The molecule has 136 valence electrons. The van der Waals surface area contributed by atoms with Crippen molar-refractivity contribution in [2.75, 3.05) is 19.8 Å². The average molecular weight is 348 g/mol. The summed E-state index contributed by atoms with van der Waals surface area (Å²) in [6, 6.07) is 9.11. The van der Waals surface area contributed by atoms with Crippen molar-refractivity contribution in [1.82, 2.24) is 0 Å². The molecule has 0 radical (unpaired) electrons. The lowest BCUT2D eigenvalue weighted by atomic mass is 9.97. The SMILES string of the molecule is CCOC(=O)/C(=C/c1ccccc1)CC(C(=O)OCC)C(=O)OCC. The third-order valence-electron chi connectivity index (χ3n) is 3.24. The number of benzene rings is 1. The van der Waals surface area contributed by atoms with E-state index < -0.39 is 23.8 Å². The van der Waals surface area contributed by atoms with Crippen molar-refractivity contribution in [3.8, 4) is 0 Å². The van der Waals surface area contributed by atoms with Gasteiger partial charge < -0.3 is 14.2 Å². The summed E-state index contributed by atoms with van der Waals surface area (Å²) in [5, 5.41) is 0. The van der Waals surface area contributed by atoms with E-state index in [4.69, 9.17) is 14.2 Å². The molecule has 0 atom stereocenters. The van der Waals surface area contributed by atoms with E-state index in [9.17, 15) is 14.4 Å². The van der Waals surface area contributed by atoms with Gasteiger partial charge in [0.1, 0.15) is 0 Å². The van der Waals surface area contributed by atoms with Gasteiger partial charge in [-0.15, -0.1) is 0 Å². The number of carbonyl (C=O) groups excluding carboxylic acids is 3. The second-order valence-corrected chi connectivity index (χ2v) is 5.06. The molecule has 0 aliphatic heterocycles. The zero-order chi connectivity index (χ0) is 18.7. The molecule has 1 aromatic rings. The van der Waals surface area contributed by atoms with Gasteiger partial charge in [-0.2, -0.15) is 0 Å². The quantitative estimate of drug-likeness (QED) is 0.295. The van der Waals surface area contributed by atoms with Gasteiger partial charge in [0, 0.05) is 12.0 Å². The van der Waals surface area contributed by atoms with Gasteiger partial charge in [-0.3, -0.25) is 9.59 Å². The van der Waals surface area contributed by atoms with Gasteiger partial charge in [-0.25, -0.2) is 4.79 Å². The first-order chi connectivity index (χ1) is 12.0. The number of esters is 3. The summed E-state index contributed by atoms with van der Waals surface area (Å²) in [6.07, 6.45) is 1.45. The number of hydrogen-bond acceptors (Lipinski definition) is 6. The van der Waals surface area contributed by atoms with Crippen LogP contribution in [0.1, 0.15) is 32.8 Å². The molecule has 6 heteroatoms. The van der Waals surface area contributed by atoms with E-state index in [1.165, 1.54) is 0 Å². The van der Waals surface area contributed by atoms with Crippen LogP contribution in [0, 0.1) is 5.92 Å². The van der Waals surface area contributed by atoms with E-state index in [2.05, 4.69) is 0 Å². The maximum atomic E-state index is 12.2. The number of rotatable bonds is 9. The van der Waals surface area contributed by atoms with Crippen LogP contribution in [0.4, 0.5) is 0 Å². The van der Waals surface area contributed by atoms with Crippen molar-refractivity contribution in [2.45, 2.75) is 27.2 Å². The highest BCUT2D eigenvalue weighted by Crippen LogP contribution is 2.20. The van der Waals surface area contributed by atoms with Gasteiger partial charge in [-0.1, -0.05) is 30.3 Å². The number of hydrogen-bond donors (Lipinski definition) is 0. The van der Waals surface area contributed by atoms with E-state index in [1.807, 2.05) is 30.3 Å². The van der Waals surface area contributed by atoms with Crippen LogP contribution in [-0.4, -0.2) is 37.7 Å². The molecule has 1 aromatic carbocycles. The van der Waals surface area contributed by atoms with Crippen LogP contribution in [0.25, 0.3) is 6.08 Å². The maximum Gasteiger partial charge on any atom is 0.334 e. The molecule has 0 bridgehead atoms. The van der Waals surface area contributed by atoms with Crippen molar-refractivity contribution < 1.29 is 28.6 Å². The third kappa shape index (κ3) is 6.79. The van der Waals surface area contributed by atoms with Gasteiger partial charge in [0.25, 0.3) is 0 Å². The van der Waals surface area contributed by atoms with Gasteiger partial charge in [-0.05, 0) is 32.4 Å². The second-order valence-electron chi connectivity index (χ2n) is 5.06. The highest BCUT2D eigenvalue weighted by Gasteiger charge is 2.32. The maximum absolute atomic E-state index is 12.2. The molecule has 0 saturated carbocycles. The summed E-state index contributed by atoms with van der Waals surface area (Å²) in [5.41, 5.74) is 0.969. The Morgan fingerprint density at radius 3 is 1.88 bits per heavy atom. The monoisotopic (exact) mass is 348 g/mol. The minimum absolute atomic E-state index is 0.131. The first-order valence-corrected chi connectivity index (χ1v) is 8.29. The van der Waals surface area contributed by atoms with Gasteiger partial charge in [0.15, 0.2) is 5.92 Å². The predicted octanol–water partition coefficient (Wildman–Crippen LogP) is 2.77. The lowest BCUT2D eigenvalue weighted by Gasteiger charge is -2.16. The Morgan fingerprint density at radius 1 is 0.880 bits per heavy atom. The second kappa shape index (κ2) is 11.0. The molecule has 25 heavy (non-hydrogen) atoms. The van der Waals surface area contributed by atoms with Crippen LogP contribution < -0.4 is 0 Å². The Balaban J connectivity index is 3.13. The van der Waals surface area contributed by atoms with Gasteiger partial charge in [0.05, 0.1) is 19.8 Å². The van der Waals surface area contributed by atoms with Crippen LogP contribution in [0.15, 0.2) is 35.9 Å². The molecule has 0 unspecified atom stereocenters. The summed E-state index contributed by atoms with van der Waals surface area (Å²) in [4.78, 5) is 36.5. The third-order valence-corrected chi connectivity index (χ3v) is 3.24. The molecule has 0 amide bonds. The summed E-state index contributed by atoms with van der Waals surface area (Å²) in [7, 11) is 0. The van der Waals surface area contributed by atoms with Gasteiger partial charge >= 0.3 is 17.9 Å². The van der Waals surface area contributed by atoms with E-state index in [-0.39, 0.29) is 31.8 Å². The van der Waals surface area contributed by atoms with Crippen molar-refractivity contribution in [3.63, 3.8) is 0 Å². The van der Waals surface area contributed by atoms with E-state index in [1.54, 1.807) is 26.8 Å². The Bertz CT molecular complexity index is 588. The first-order valence-electron chi connectivity index (χ1n) is 8.29. The zero-order valence-electron chi connectivity index (χ0n) is 14.8. The fourth-order valence-corrected chi connectivity index (χ4v) is 2.14. The van der Waals surface area contributed by atoms with Crippen LogP contribution in [0.5, 0.6) is 0 Å². The van der Waals surface area contributed by atoms with E-state index >= 15 is 0 Å². The van der Waals surface area contributed by atoms with Crippen LogP contribution in [0.2, 0.25) is 0 Å². The summed E-state index contributed by atoms with van der Waals surface area (Å²) in [6.45, 7) is 5.43. The topological polar surface area (TPSA) is 78.9 Å². The van der Waals surface area contributed by atoms with Crippen molar-refractivity contribution >= 4 is 24.0 Å². The van der Waals surface area contributed by atoms with Crippen LogP contribution in [0.3, 0.4) is 0 Å². The van der Waals surface area contributed by atoms with Crippen LogP contribution >= 0.6 is 0 Å². The highest BCUT2D eigenvalue weighted by atomic mass is 16.6. The Hall–Kier alpha value is -2.63. The Morgan fingerprint density at radius 2 is 1.40 bits per heavy atom. The van der Waals surface area contributed by atoms with Crippen molar-refractivity contribution in [1.29, 1.82) is 0 Å². The number of ether oxygens (including phenoxy) is 3. The molecule has 0 heterocycles. The number of carbonyl (C=O) groups is 3. The van der Waals surface area contributed by atoms with Crippen LogP contribution in [-0.2, 0) is 28.6 Å². The fourth-order valence-electron chi connectivity index (χ4n) is 2.14. The largest absolute Gasteiger partial charge is 0.465 e. The smallest absolute Gasteiger partial charge is 0.334 e. The molecule has 6 nitrogen and oxygen atoms in total. The Kier molecular flexibility index (Phi) is 9.00. The molecular weight excluding hydrogens is 324 g/mol. The fraction of sp³-hybridized carbons (Fsp3) is 0.421. The lowest BCUT2D eigenvalue weighted by Crippen LogP contribution is -2.29. The molecular formula is C19H24O6. The molecule has 0 aliphatic carbocycles. The molecule has 0 aromatic heterocycles. The molecule has 0 N–H and O–H groups in total. The minimum atomic E-state index is -1.21. The molecule has 0 aliphatic rings. The predicted molar refractivity (Wildman–Crippen MR) is 92.4 cm³/mol. The molecule has 0 saturated heterocycles. The summed E-state index contributed by atoms with van der Waals surface area (Å²) < 4.78 is 14.9. The standard InChI is InChI=1S/C19H24O6/c1-4-23-17(20)15(12-14-10-8-7-9-11-14)13-16(18(21)24-5-2)19(22)25-6-3/h7-12,16H,4-6,13H2,1-3H3/b15-12+. The normalized spacial score (nSPS) is 11.1. The van der Waals surface area contributed by atoms with Crippen molar-refractivity contribution in [3.05, 3.63) is 41.5 Å². The zero-order valence-corrected chi connectivity index (χ0v) is 14.8. The molecule has 1 rings (SSSR count). The molecule has 0 spiro atoms.